The van der Waals surface area contributed by atoms with Crippen molar-refractivity contribution >= 4 is 52.9 Å². The Hall–Kier alpha value is -0.200. The van der Waals surface area contributed by atoms with Gasteiger partial charge in [0, 0.05) is 6.04 Å². The van der Waals surface area contributed by atoms with Crippen molar-refractivity contribution in [3.8, 4) is 0 Å². The summed E-state index contributed by atoms with van der Waals surface area (Å²) < 4.78 is 0.788. The van der Waals surface area contributed by atoms with E-state index in [-0.39, 0.29) is 6.04 Å². The second kappa shape index (κ2) is 7.28. The number of benzene rings is 1. The lowest BCUT2D eigenvalue weighted by atomic mass is 10.1. The summed E-state index contributed by atoms with van der Waals surface area (Å²) in [5.41, 5.74) is 7.99. The molecule has 0 aliphatic heterocycles. The summed E-state index contributed by atoms with van der Waals surface area (Å²) in [5, 5.41) is 0. The van der Waals surface area contributed by atoms with Gasteiger partial charge in [0.1, 0.15) is 0 Å². The first-order chi connectivity index (χ1) is 8.00. The predicted molar refractivity (Wildman–Crippen MR) is 88.8 cm³/mol. The van der Waals surface area contributed by atoms with Crippen LogP contribution in [0.5, 0.6) is 0 Å². The molecular weight excluding hydrogens is 286 g/mol. The number of rotatable bonds is 4. The molecule has 92 valence electrons. The first-order valence-electron chi connectivity index (χ1n) is 5.17. The molecule has 1 aromatic carbocycles. The first kappa shape index (κ1) is 14.9. The fraction of sp³-hybridized carbons (Fsp3) is 0.250. The van der Waals surface area contributed by atoms with Gasteiger partial charge in [-0.1, -0.05) is 37.9 Å². The smallest absolute Gasteiger partial charge is 0.0723 e. The van der Waals surface area contributed by atoms with Crippen molar-refractivity contribution in [3.63, 3.8) is 0 Å². The van der Waals surface area contributed by atoms with Crippen LogP contribution in [0.1, 0.15) is 18.9 Å². The van der Waals surface area contributed by atoms with Crippen molar-refractivity contribution < 1.29 is 0 Å². The summed E-state index contributed by atoms with van der Waals surface area (Å²) in [6.07, 6.45) is 2.80. The normalized spacial score (nSPS) is 13.2. The first-order valence-corrected chi connectivity index (χ1v) is 8.69. The highest BCUT2D eigenvalue weighted by molar-refractivity contribution is 8.49. The Labute approximate surface area is 119 Å². The second-order valence-electron chi connectivity index (χ2n) is 3.80. The van der Waals surface area contributed by atoms with E-state index in [0.29, 0.717) is 0 Å². The topological polar surface area (TPSA) is 26.0 Å². The summed E-state index contributed by atoms with van der Waals surface area (Å²) >= 11 is 14.6. The molecule has 1 rings (SSSR count). The highest BCUT2D eigenvalue weighted by Crippen LogP contribution is 2.14. The van der Waals surface area contributed by atoms with Gasteiger partial charge >= 0.3 is 0 Å². The molecule has 17 heavy (non-hydrogen) atoms. The third-order valence-electron chi connectivity index (χ3n) is 2.11. The van der Waals surface area contributed by atoms with Crippen LogP contribution >= 0.6 is 12.6 Å². The van der Waals surface area contributed by atoms with Crippen molar-refractivity contribution in [3.05, 3.63) is 41.5 Å². The molecule has 0 saturated carbocycles. The molecule has 0 aliphatic carbocycles. The highest BCUT2D eigenvalue weighted by Gasteiger charge is 2.05. The van der Waals surface area contributed by atoms with Crippen molar-refractivity contribution in [2.24, 2.45) is 5.73 Å². The molecule has 5 heteroatoms. The van der Waals surface area contributed by atoms with E-state index in [1.807, 2.05) is 37.3 Å². The summed E-state index contributed by atoms with van der Waals surface area (Å²) in [5.74, 6) is 0. The summed E-state index contributed by atoms with van der Waals surface area (Å²) in [4.78, 5) is 0. The van der Waals surface area contributed by atoms with E-state index in [2.05, 4.69) is 18.7 Å². The van der Waals surface area contributed by atoms with Gasteiger partial charge in [0.05, 0.1) is 4.20 Å². The molecule has 1 nitrogen and oxygen atoms in total. The molecular formula is C12H15NS4. The Morgan fingerprint density at radius 1 is 1.41 bits per heavy atom. The molecule has 0 aliphatic rings. The van der Waals surface area contributed by atoms with Gasteiger partial charge in [-0.25, -0.2) is 0 Å². The lowest BCUT2D eigenvalue weighted by molar-refractivity contribution is 0.750. The van der Waals surface area contributed by atoms with Crippen LogP contribution in [0.3, 0.4) is 0 Å². The summed E-state index contributed by atoms with van der Waals surface area (Å²) in [7, 11) is -0.657. The van der Waals surface area contributed by atoms with Gasteiger partial charge in [0.15, 0.2) is 0 Å². The van der Waals surface area contributed by atoms with Gasteiger partial charge in [-0.05, 0) is 52.9 Å². The van der Waals surface area contributed by atoms with Gasteiger partial charge in [-0.2, -0.15) is 0 Å². The van der Waals surface area contributed by atoms with Crippen molar-refractivity contribution in [1.29, 1.82) is 0 Å². The maximum absolute atomic E-state index is 5.83. The van der Waals surface area contributed by atoms with Crippen LogP contribution in [-0.4, -0.2) is 10.2 Å². The number of thiol groups is 1. The molecule has 1 aromatic rings. The summed E-state index contributed by atoms with van der Waals surface area (Å²) in [6.45, 7) is 1.96. The maximum atomic E-state index is 5.83. The minimum atomic E-state index is -0.657. The quantitative estimate of drug-likeness (QED) is 0.508. The van der Waals surface area contributed by atoms with E-state index < -0.39 is 7.60 Å². The van der Waals surface area contributed by atoms with Crippen LogP contribution in [0.25, 0.3) is 6.08 Å². The molecule has 1 atom stereocenters. The third-order valence-corrected chi connectivity index (χ3v) is 5.27. The SMILES string of the molecule is CC(N)CC(=Cc1ccccc1)C(S)=S(=S)=S. The van der Waals surface area contributed by atoms with Gasteiger partial charge in [0.2, 0.25) is 0 Å². The van der Waals surface area contributed by atoms with Gasteiger partial charge in [-0.15, -0.1) is 12.6 Å². The lowest BCUT2D eigenvalue weighted by Gasteiger charge is -2.09. The molecule has 0 radical (unpaired) electrons. The van der Waals surface area contributed by atoms with Gasteiger partial charge < -0.3 is 5.73 Å². The Kier molecular flexibility index (Phi) is 6.37. The molecule has 0 aromatic heterocycles. The van der Waals surface area contributed by atoms with Crippen LogP contribution in [0.4, 0.5) is 0 Å². The average molecular weight is 302 g/mol. The fourth-order valence-electron chi connectivity index (χ4n) is 1.41. The van der Waals surface area contributed by atoms with E-state index in [0.717, 1.165) is 21.8 Å². The monoisotopic (exact) mass is 301 g/mol. The van der Waals surface area contributed by atoms with Crippen LogP contribution in [0.15, 0.2) is 35.9 Å². The minimum absolute atomic E-state index is 0.0701. The van der Waals surface area contributed by atoms with E-state index in [9.17, 15) is 0 Å². The van der Waals surface area contributed by atoms with Gasteiger partial charge in [0.25, 0.3) is 0 Å². The molecule has 0 bridgehead atoms. The van der Waals surface area contributed by atoms with Gasteiger partial charge in [-0.3, -0.25) is 0 Å². The highest BCUT2D eigenvalue weighted by atomic mass is 33.1. The number of hydrogen-bond donors (Lipinski definition) is 2. The molecule has 0 saturated heterocycles. The fourth-order valence-corrected chi connectivity index (χ4v) is 2.57. The van der Waals surface area contributed by atoms with E-state index in [1.165, 1.54) is 0 Å². The number of nitrogens with two attached hydrogens (primary N) is 1. The number of hydrogen-bond acceptors (Lipinski definition) is 3. The van der Waals surface area contributed by atoms with Crippen LogP contribution in [0, 0.1) is 0 Å². The Bertz CT molecular complexity index is 519. The predicted octanol–water partition coefficient (Wildman–Crippen LogP) is 2.41. The van der Waals surface area contributed by atoms with Crippen molar-refractivity contribution in [1.82, 2.24) is 0 Å². The molecule has 2 N–H and O–H groups in total. The summed E-state index contributed by atoms with van der Waals surface area (Å²) in [6, 6.07) is 10.1. The van der Waals surface area contributed by atoms with Crippen LogP contribution in [-0.2, 0) is 30.0 Å². The van der Waals surface area contributed by atoms with E-state index >= 15 is 0 Å². The Morgan fingerprint density at radius 2 is 2.00 bits per heavy atom. The van der Waals surface area contributed by atoms with Crippen molar-refractivity contribution in [2.45, 2.75) is 19.4 Å². The zero-order valence-corrected chi connectivity index (χ0v) is 12.8. The zero-order valence-electron chi connectivity index (χ0n) is 9.50. The van der Waals surface area contributed by atoms with E-state index in [1.54, 1.807) is 0 Å². The minimum Gasteiger partial charge on any atom is -0.328 e. The molecule has 0 heterocycles. The third kappa shape index (κ3) is 5.31. The van der Waals surface area contributed by atoms with Crippen molar-refractivity contribution in [2.75, 3.05) is 0 Å². The zero-order chi connectivity index (χ0) is 12.8. The maximum Gasteiger partial charge on any atom is 0.0723 e. The molecule has 0 spiro atoms. The van der Waals surface area contributed by atoms with E-state index in [4.69, 9.17) is 28.1 Å². The second-order valence-corrected chi connectivity index (χ2v) is 8.06. The molecule has 0 fully saturated rings. The lowest BCUT2D eigenvalue weighted by Crippen LogP contribution is -2.17. The standard InChI is InChI=1S/C12H15NS4/c1-9(13)7-11(12(14)17(15)16)8-10-5-3-2-4-6-10/h2-6,8-9,14H,7,13H2,1H3. The molecule has 1 unspecified atom stereocenters. The van der Waals surface area contributed by atoms with Crippen LogP contribution < -0.4 is 5.73 Å². The molecule has 0 amide bonds. The average Bonchev–Trinajstić information content (AvgIpc) is 2.28. The van der Waals surface area contributed by atoms with Crippen LogP contribution in [0.2, 0.25) is 0 Å². The Morgan fingerprint density at radius 3 is 2.47 bits per heavy atom. The largest absolute Gasteiger partial charge is 0.328 e. The Balaban J connectivity index is 3.16.